The van der Waals surface area contributed by atoms with Crippen molar-refractivity contribution in [3.63, 3.8) is 0 Å². The van der Waals surface area contributed by atoms with E-state index in [4.69, 9.17) is 11.6 Å². The molecule has 4 aromatic carbocycles. The van der Waals surface area contributed by atoms with Crippen molar-refractivity contribution in [1.82, 2.24) is 4.57 Å². The van der Waals surface area contributed by atoms with Gasteiger partial charge in [-0.05, 0) is 23.3 Å². The Balaban J connectivity index is 2.21. The molecule has 37 heavy (non-hydrogen) atoms. The second-order valence-corrected chi connectivity index (χ2v) is 11.4. The van der Waals surface area contributed by atoms with Gasteiger partial charge in [-0.1, -0.05) is 73.5 Å². The van der Waals surface area contributed by atoms with E-state index >= 15 is 0 Å². The molecule has 13 heteroatoms. The largest absolute Gasteiger partial charge is 0.310 e. The summed E-state index contributed by atoms with van der Waals surface area (Å²) in [7, 11) is 24.9. The third kappa shape index (κ3) is 3.54. The molecule has 1 heterocycles. The molecule has 0 bridgehead atoms. The van der Waals surface area contributed by atoms with E-state index in [1.807, 2.05) is 0 Å². The van der Waals surface area contributed by atoms with Crippen LogP contribution in [0.2, 0.25) is 5.02 Å². The number of rotatable bonds is 2. The molecule has 1 nitrogen and oxygen atoms in total. The van der Waals surface area contributed by atoms with Gasteiger partial charge in [0.05, 0.1) is 0 Å². The van der Waals surface area contributed by atoms with Gasteiger partial charge in [-0.15, -0.1) is 16.4 Å². The van der Waals surface area contributed by atoms with Gasteiger partial charge in [0.15, 0.2) is 0 Å². The van der Waals surface area contributed by atoms with E-state index in [0.29, 0.717) is 0 Å². The first-order valence-corrected chi connectivity index (χ1v) is 13.6. The normalized spacial score (nSPS) is 11.5. The van der Waals surface area contributed by atoms with E-state index in [9.17, 15) is 0 Å². The fourth-order valence-electron chi connectivity index (χ4n) is 6.48. The molecule has 1 aromatic heterocycles. The van der Waals surface area contributed by atoms with Gasteiger partial charge >= 0.3 is 0 Å². The highest BCUT2D eigenvalue weighted by Crippen LogP contribution is 2.34. The van der Waals surface area contributed by atoms with Gasteiger partial charge in [-0.25, -0.2) is 0 Å². The van der Waals surface area contributed by atoms with Crippen LogP contribution in [0.3, 0.4) is 0 Å². The van der Waals surface area contributed by atoms with E-state index in [1.165, 1.54) is 93.2 Å². The first-order valence-electron chi connectivity index (χ1n) is 13.3. The summed E-state index contributed by atoms with van der Waals surface area (Å²) in [5.74, 6) is 0. The average molecular weight is 484 g/mol. The zero-order valence-corrected chi connectivity index (χ0v) is 25.0. The quantitative estimate of drug-likeness (QED) is 0.220. The van der Waals surface area contributed by atoms with Gasteiger partial charge in [0.2, 0.25) is 0 Å². The van der Waals surface area contributed by atoms with E-state index in [-0.39, 0.29) is 0 Å². The molecule has 0 amide bonds. The molecule has 0 spiro atoms. The maximum atomic E-state index is 7.05. The maximum Gasteiger partial charge on any atom is 0.142 e. The Morgan fingerprint density at radius 3 is 1.43 bits per heavy atom. The fraction of sp³-hybridized carbons (Fsp3) is 0. The van der Waals surface area contributed by atoms with Crippen molar-refractivity contribution in [3.05, 3.63) is 35.4 Å². The Morgan fingerprint density at radius 2 is 0.865 bits per heavy atom. The molecule has 0 aliphatic carbocycles. The van der Waals surface area contributed by atoms with Crippen molar-refractivity contribution in [2.75, 3.05) is 0 Å². The Labute approximate surface area is 235 Å². The van der Waals surface area contributed by atoms with Crippen LogP contribution in [-0.2, 0) is 0 Å². The molecule has 0 fully saturated rings. The number of fused-ring (bicyclic) bond motifs is 3. The van der Waals surface area contributed by atoms with E-state index in [2.05, 4.69) is 121 Å². The molecule has 0 radical (unpaired) electrons. The van der Waals surface area contributed by atoms with Gasteiger partial charge in [-0.2, -0.15) is 0 Å². The van der Waals surface area contributed by atoms with Crippen LogP contribution in [0.15, 0.2) is 30.3 Å². The summed E-state index contributed by atoms with van der Waals surface area (Å²) in [5.41, 5.74) is 21.0. The van der Waals surface area contributed by atoms with Gasteiger partial charge in [0.25, 0.3) is 0 Å². The van der Waals surface area contributed by atoms with Crippen molar-refractivity contribution in [1.29, 1.82) is 0 Å². The Hall–Kier alpha value is -2.32. The SMILES string of the molecule is Bc1c(B)c(B)c(-c2c(B)c(B)c(B)c3c2c2c(B)c(Cl)c(B)c(B)c2n3-c2ccccc2)c(B)c1B. The molecule has 0 N–H and O–H groups in total. The predicted molar refractivity (Wildman–Crippen MR) is 201 cm³/mol. The number of aromatic nitrogens is 1. The van der Waals surface area contributed by atoms with Gasteiger partial charge < -0.3 is 4.57 Å². The standard InChI is InChI=1S/C24H27B11ClN/c25-11-7(9-12(26)15(29)18(32)16(30)13(9)27)8-10-14(28)22(36)19(33)21(35)24(10)37(6-4-2-1-3-5-6)23(8)20(34)17(11)31/h1-5H,25-35H2. The van der Waals surface area contributed by atoms with Crippen LogP contribution >= 0.6 is 11.6 Å². The number of para-hydroxylation sites is 1. The molecule has 0 atom stereocenters. The highest BCUT2D eigenvalue weighted by atomic mass is 35.5. The first-order chi connectivity index (χ1) is 17.4. The summed E-state index contributed by atoms with van der Waals surface area (Å²) in [6.45, 7) is 0. The van der Waals surface area contributed by atoms with Crippen LogP contribution in [0.1, 0.15) is 0 Å². The number of hydrogen-bond donors (Lipinski definition) is 0. The van der Waals surface area contributed by atoms with E-state index in [1.54, 1.807) is 0 Å². The van der Waals surface area contributed by atoms with E-state index in [0.717, 1.165) is 10.5 Å². The lowest BCUT2D eigenvalue weighted by molar-refractivity contribution is 1.19. The molecule has 0 unspecified atom stereocenters. The zero-order chi connectivity index (χ0) is 27.1. The van der Waals surface area contributed by atoms with Crippen LogP contribution in [0, 0.1) is 0 Å². The zero-order valence-electron chi connectivity index (χ0n) is 24.2. The second-order valence-electron chi connectivity index (χ2n) is 11.1. The molecule has 5 aromatic rings. The monoisotopic (exact) mass is 485 g/mol. The lowest BCUT2D eigenvalue weighted by atomic mass is 9.58. The van der Waals surface area contributed by atoms with Crippen molar-refractivity contribution >= 4 is 180 Å². The van der Waals surface area contributed by atoms with Crippen LogP contribution in [0.4, 0.5) is 0 Å². The Morgan fingerprint density at radius 1 is 0.432 bits per heavy atom. The maximum absolute atomic E-state index is 7.05. The van der Waals surface area contributed by atoms with Crippen LogP contribution < -0.4 is 60.1 Å². The summed E-state index contributed by atoms with van der Waals surface area (Å²) in [5, 5.41) is 3.49. The van der Waals surface area contributed by atoms with Gasteiger partial charge in [0, 0.05) is 32.5 Å². The topological polar surface area (TPSA) is 4.93 Å². The smallest absolute Gasteiger partial charge is 0.142 e. The van der Waals surface area contributed by atoms with Crippen molar-refractivity contribution < 1.29 is 0 Å². The lowest BCUT2D eigenvalue weighted by Gasteiger charge is -2.25. The minimum atomic E-state index is 0.878. The summed E-state index contributed by atoms with van der Waals surface area (Å²) in [4.78, 5) is 0. The number of hydrogen-bond acceptors (Lipinski definition) is 0. The molecule has 0 aliphatic heterocycles. The summed E-state index contributed by atoms with van der Waals surface area (Å²) < 4.78 is 2.50. The lowest BCUT2D eigenvalue weighted by Crippen LogP contribution is -2.56. The second kappa shape index (κ2) is 9.16. The summed E-state index contributed by atoms with van der Waals surface area (Å²) in [6, 6.07) is 10.8. The minimum Gasteiger partial charge on any atom is -0.310 e. The molecular weight excluding hydrogens is 457 g/mol. The molecule has 0 aliphatic rings. The summed E-state index contributed by atoms with van der Waals surface area (Å²) >= 11 is 7.05. The Bertz CT molecular complexity index is 1770. The van der Waals surface area contributed by atoms with Crippen molar-refractivity contribution in [3.8, 4) is 16.8 Å². The van der Waals surface area contributed by atoms with E-state index < -0.39 is 0 Å². The first kappa shape index (κ1) is 26.3. The third-order valence-electron chi connectivity index (χ3n) is 9.49. The Kier molecular flexibility index (Phi) is 6.51. The number of nitrogens with zero attached hydrogens (tertiary/aromatic N) is 1. The fourth-order valence-corrected chi connectivity index (χ4v) is 6.72. The predicted octanol–water partition coefficient (Wildman–Crippen LogP) is -12.1. The summed E-state index contributed by atoms with van der Waals surface area (Å²) in [6.07, 6.45) is 0. The highest BCUT2D eigenvalue weighted by molar-refractivity contribution is 6.71. The highest BCUT2D eigenvalue weighted by Gasteiger charge is 2.27. The molecule has 5 rings (SSSR count). The number of halogens is 1. The minimum absolute atomic E-state index is 0.878. The average Bonchev–Trinajstić information content (AvgIpc) is 3.25. The molecule has 0 saturated heterocycles. The van der Waals surface area contributed by atoms with Crippen molar-refractivity contribution in [2.45, 2.75) is 0 Å². The van der Waals surface area contributed by atoms with Crippen LogP contribution in [0.5, 0.6) is 0 Å². The van der Waals surface area contributed by atoms with Crippen molar-refractivity contribution in [2.24, 2.45) is 0 Å². The molecular formula is C24H27B11ClN. The number of benzene rings is 4. The third-order valence-corrected chi connectivity index (χ3v) is 10.1. The molecule has 0 saturated carbocycles. The van der Waals surface area contributed by atoms with Gasteiger partial charge in [-0.3, -0.25) is 0 Å². The van der Waals surface area contributed by atoms with Crippen LogP contribution in [-0.4, -0.2) is 90.9 Å². The van der Waals surface area contributed by atoms with Crippen LogP contribution in [0.25, 0.3) is 38.6 Å². The van der Waals surface area contributed by atoms with Gasteiger partial charge in [0.1, 0.15) is 86.3 Å². The molecule has 168 valence electrons.